The molecule has 2 heteroatoms. The normalized spacial score (nSPS) is 18.4. The number of nitrogens with two attached hydrogens (primary N) is 1. The standard InChI is InChI=1S/C16H18N2/c17-11-12-6-8-13(9-7-12)15-5-1-3-14-4-2-10-18-16(14)15/h2,4,6-10,15H,1,3,5,11,17H2. The number of fused-ring (bicyclic) bond motifs is 1. The monoisotopic (exact) mass is 238 g/mol. The number of rotatable bonds is 2. The first-order valence-corrected chi connectivity index (χ1v) is 6.61. The first-order chi connectivity index (χ1) is 8.88. The van der Waals surface area contributed by atoms with Crippen LogP contribution in [0.2, 0.25) is 0 Å². The van der Waals surface area contributed by atoms with Crippen LogP contribution >= 0.6 is 0 Å². The Labute approximate surface area is 108 Å². The van der Waals surface area contributed by atoms with Crippen molar-refractivity contribution in [3.05, 3.63) is 65.0 Å². The molecule has 3 rings (SSSR count). The van der Waals surface area contributed by atoms with Gasteiger partial charge in [0, 0.05) is 18.7 Å². The van der Waals surface area contributed by atoms with Crippen LogP contribution in [-0.4, -0.2) is 4.98 Å². The maximum absolute atomic E-state index is 5.64. The molecule has 0 radical (unpaired) electrons. The van der Waals surface area contributed by atoms with Crippen molar-refractivity contribution in [1.29, 1.82) is 0 Å². The Morgan fingerprint density at radius 2 is 2.00 bits per heavy atom. The highest BCUT2D eigenvalue weighted by Crippen LogP contribution is 2.35. The smallest absolute Gasteiger partial charge is 0.0510 e. The number of pyridine rings is 1. The highest BCUT2D eigenvalue weighted by atomic mass is 14.7. The lowest BCUT2D eigenvalue weighted by Gasteiger charge is -2.24. The molecule has 0 aliphatic heterocycles. The number of hydrogen-bond acceptors (Lipinski definition) is 2. The van der Waals surface area contributed by atoms with E-state index in [0.717, 1.165) is 0 Å². The Balaban J connectivity index is 1.97. The molecule has 0 amide bonds. The maximum atomic E-state index is 5.64. The van der Waals surface area contributed by atoms with Gasteiger partial charge in [-0.3, -0.25) is 4.98 Å². The predicted molar refractivity (Wildman–Crippen MR) is 73.4 cm³/mol. The molecule has 2 N–H and O–H groups in total. The Morgan fingerprint density at radius 3 is 2.78 bits per heavy atom. The zero-order valence-corrected chi connectivity index (χ0v) is 10.5. The number of aryl methyl sites for hydroxylation is 1. The van der Waals surface area contributed by atoms with Crippen LogP contribution < -0.4 is 5.73 Å². The molecule has 0 fully saturated rings. The highest BCUT2D eigenvalue weighted by molar-refractivity contribution is 5.36. The SMILES string of the molecule is NCc1ccc(C2CCCc3cccnc32)cc1. The lowest BCUT2D eigenvalue weighted by molar-refractivity contribution is 0.598. The van der Waals surface area contributed by atoms with Gasteiger partial charge in [0.2, 0.25) is 0 Å². The summed E-state index contributed by atoms with van der Waals surface area (Å²) in [6.45, 7) is 0.611. The topological polar surface area (TPSA) is 38.9 Å². The number of nitrogens with zero attached hydrogens (tertiary/aromatic N) is 1. The Morgan fingerprint density at radius 1 is 1.17 bits per heavy atom. The van der Waals surface area contributed by atoms with Crippen LogP contribution in [0.3, 0.4) is 0 Å². The quantitative estimate of drug-likeness (QED) is 0.873. The van der Waals surface area contributed by atoms with Gasteiger partial charge in [0.05, 0.1) is 5.69 Å². The average molecular weight is 238 g/mol. The third-order valence-corrected chi connectivity index (χ3v) is 3.81. The molecular weight excluding hydrogens is 220 g/mol. The van der Waals surface area contributed by atoms with E-state index in [2.05, 4.69) is 35.3 Å². The third kappa shape index (κ3) is 2.04. The zero-order chi connectivity index (χ0) is 12.4. The van der Waals surface area contributed by atoms with E-state index in [1.165, 1.54) is 41.6 Å². The fraction of sp³-hybridized carbons (Fsp3) is 0.312. The van der Waals surface area contributed by atoms with Crippen LogP contribution in [0.15, 0.2) is 42.6 Å². The summed E-state index contributed by atoms with van der Waals surface area (Å²) in [4.78, 5) is 4.59. The van der Waals surface area contributed by atoms with E-state index in [4.69, 9.17) is 5.73 Å². The molecule has 0 saturated carbocycles. The van der Waals surface area contributed by atoms with Crippen LogP contribution in [0, 0.1) is 0 Å². The van der Waals surface area contributed by atoms with Crippen LogP contribution in [0.4, 0.5) is 0 Å². The van der Waals surface area contributed by atoms with E-state index in [-0.39, 0.29) is 0 Å². The summed E-state index contributed by atoms with van der Waals surface area (Å²) in [6, 6.07) is 12.9. The minimum Gasteiger partial charge on any atom is -0.326 e. The second-order valence-corrected chi connectivity index (χ2v) is 4.94. The fourth-order valence-electron chi connectivity index (χ4n) is 2.82. The summed E-state index contributed by atoms with van der Waals surface area (Å²) in [6.07, 6.45) is 5.53. The average Bonchev–Trinajstić information content (AvgIpc) is 2.47. The van der Waals surface area contributed by atoms with Gasteiger partial charge in [-0.05, 0) is 42.0 Å². The van der Waals surface area contributed by atoms with E-state index in [1.807, 2.05) is 12.3 Å². The van der Waals surface area contributed by atoms with Gasteiger partial charge in [-0.25, -0.2) is 0 Å². The van der Waals surface area contributed by atoms with Crippen molar-refractivity contribution in [3.63, 3.8) is 0 Å². The van der Waals surface area contributed by atoms with Crippen molar-refractivity contribution < 1.29 is 0 Å². The minimum atomic E-state index is 0.460. The van der Waals surface area contributed by atoms with Crippen molar-refractivity contribution in [3.8, 4) is 0 Å². The first kappa shape index (κ1) is 11.4. The molecule has 1 aromatic heterocycles. The summed E-state index contributed by atoms with van der Waals surface area (Å²) in [7, 11) is 0. The molecule has 0 bridgehead atoms. The van der Waals surface area contributed by atoms with Crippen molar-refractivity contribution in [2.45, 2.75) is 31.7 Å². The number of aromatic nitrogens is 1. The minimum absolute atomic E-state index is 0.460. The molecule has 0 saturated heterocycles. The van der Waals surface area contributed by atoms with Gasteiger partial charge in [0.25, 0.3) is 0 Å². The van der Waals surface area contributed by atoms with Gasteiger partial charge in [0.1, 0.15) is 0 Å². The molecule has 2 aromatic rings. The lowest BCUT2D eigenvalue weighted by atomic mass is 9.82. The summed E-state index contributed by atoms with van der Waals surface area (Å²) in [5.74, 6) is 0.460. The zero-order valence-electron chi connectivity index (χ0n) is 10.5. The molecule has 18 heavy (non-hydrogen) atoms. The third-order valence-electron chi connectivity index (χ3n) is 3.81. The van der Waals surface area contributed by atoms with E-state index >= 15 is 0 Å². The molecule has 1 aliphatic rings. The highest BCUT2D eigenvalue weighted by Gasteiger charge is 2.22. The van der Waals surface area contributed by atoms with Crippen LogP contribution in [0.25, 0.3) is 0 Å². The molecule has 1 heterocycles. The van der Waals surface area contributed by atoms with Gasteiger partial charge in [-0.15, -0.1) is 0 Å². The fourth-order valence-corrected chi connectivity index (χ4v) is 2.82. The Bertz CT molecular complexity index is 531. The summed E-state index contributed by atoms with van der Waals surface area (Å²) in [5, 5.41) is 0. The molecule has 92 valence electrons. The maximum Gasteiger partial charge on any atom is 0.0510 e. The van der Waals surface area contributed by atoms with Gasteiger partial charge in [-0.1, -0.05) is 30.3 Å². The first-order valence-electron chi connectivity index (χ1n) is 6.61. The molecule has 2 nitrogen and oxygen atoms in total. The molecule has 1 aliphatic carbocycles. The second kappa shape index (κ2) is 4.91. The number of benzene rings is 1. The van der Waals surface area contributed by atoms with Crippen LogP contribution in [-0.2, 0) is 13.0 Å². The van der Waals surface area contributed by atoms with E-state index in [9.17, 15) is 0 Å². The predicted octanol–water partition coefficient (Wildman–Crippen LogP) is 3.01. The van der Waals surface area contributed by atoms with Gasteiger partial charge >= 0.3 is 0 Å². The van der Waals surface area contributed by atoms with Crippen LogP contribution in [0.1, 0.15) is 41.1 Å². The second-order valence-electron chi connectivity index (χ2n) is 4.94. The lowest BCUT2D eigenvalue weighted by Crippen LogP contribution is -2.13. The van der Waals surface area contributed by atoms with Crippen molar-refractivity contribution in [2.24, 2.45) is 5.73 Å². The molecule has 1 aromatic carbocycles. The van der Waals surface area contributed by atoms with E-state index in [0.29, 0.717) is 12.5 Å². The number of hydrogen-bond donors (Lipinski definition) is 1. The molecule has 0 spiro atoms. The molecule has 1 unspecified atom stereocenters. The molecular formula is C16H18N2. The van der Waals surface area contributed by atoms with E-state index < -0.39 is 0 Å². The van der Waals surface area contributed by atoms with Crippen LogP contribution in [0.5, 0.6) is 0 Å². The summed E-state index contributed by atoms with van der Waals surface area (Å²) in [5.41, 5.74) is 10.9. The van der Waals surface area contributed by atoms with Gasteiger partial charge in [0.15, 0.2) is 0 Å². The summed E-state index contributed by atoms with van der Waals surface area (Å²) < 4.78 is 0. The van der Waals surface area contributed by atoms with Gasteiger partial charge in [-0.2, -0.15) is 0 Å². The van der Waals surface area contributed by atoms with E-state index in [1.54, 1.807) is 0 Å². The van der Waals surface area contributed by atoms with Crippen molar-refractivity contribution >= 4 is 0 Å². The van der Waals surface area contributed by atoms with Crippen molar-refractivity contribution in [2.75, 3.05) is 0 Å². The molecule has 1 atom stereocenters. The van der Waals surface area contributed by atoms with Gasteiger partial charge < -0.3 is 5.73 Å². The van der Waals surface area contributed by atoms with Crippen molar-refractivity contribution in [1.82, 2.24) is 4.98 Å². The summed E-state index contributed by atoms with van der Waals surface area (Å²) >= 11 is 0. The Hall–Kier alpha value is -1.67. The Kier molecular flexibility index (Phi) is 3.11. The largest absolute Gasteiger partial charge is 0.326 e.